The fourth-order valence-electron chi connectivity index (χ4n) is 1.91. The van der Waals surface area contributed by atoms with Crippen molar-refractivity contribution >= 4 is 27.5 Å². The van der Waals surface area contributed by atoms with Gasteiger partial charge in [-0.25, -0.2) is 9.97 Å². The third kappa shape index (κ3) is 4.83. The van der Waals surface area contributed by atoms with Crippen LogP contribution in [0.25, 0.3) is 0 Å². The Morgan fingerprint density at radius 1 is 1.05 bits per heavy atom. The first kappa shape index (κ1) is 15.4. The zero-order valence-electron chi connectivity index (χ0n) is 11.0. The third-order valence-electron chi connectivity index (χ3n) is 2.83. The molecule has 106 valence electrons. The molecule has 0 aliphatic heterocycles. The number of hydrogen-bond donors (Lipinski definition) is 1. The summed E-state index contributed by atoms with van der Waals surface area (Å²) in [5.41, 5.74) is 7.96. The Hall–Kier alpha value is -1.01. The number of pyridine rings is 2. The molecular weight excluding hydrogens is 340 g/mol. The van der Waals surface area contributed by atoms with Crippen LogP contribution in [0.4, 0.5) is 0 Å². The van der Waals surface area contributed by atoms with Crippen molar-refractivity contribution in [1.29, 1.82) is 0 Å². The van der Waals surface area contributed by atoms with Gasteiger partial charge >= 0.3 is 0 Å². The van der Waals surface area contributed by atoms with E-state index in [0.29, 0.717) is 11.7 Å². The summed E-state index contributed by atoms with van der Waals surface area (Å²) in [4.78, 5) is 10.6. The fourth-order valence-corrected chi connectivity index (χ4v) is 2.26. The molecule has 2 heterocycles. The Balaban J connectivity index is 2.02. The molecule has 0 fully saturated rings. The Morgan fingerprint density at radius 2 is 1.70 bits per heavy atom. The third-order valence-corrected chi connectivity index (χ3v) is 3.53. The molecule has 2 N–H and O–H groups in total. The van der Waals surface area contributed by atoms with Crippen LogP contribution < -0.4 is 5.73 Å². The van der Waals surface area contributed by atoms with Gasteiger partial charge in [0, 0.05) is 38.6 Å². The van der Waals surface area contributed by atoms with E-state index in [0.717, 1.165) is 35.4 Å². The normalized spacial score (nSPS) is 11.0. The summed E-state index contributed by atoms with van der Waals surface area (Å²) in [6, 6.07) is 7.79. The molecule has 0 atom stereocenters. The predicted octanol–water partition coefficient (Wildman–Crippen LogP) is 2.85. The molecule has 0 aliphatic carbocycles. The van der Waals surface area contributed by atoms with Crippen LogP contribution >= 0.6 is 27.5 Å². The van der Waals surface area contributed by atoms with Crippen molar-refractivity contribution in [2.45, 2.75) is 13.1 Å². The van der Waals surface area contributed by atoms with Crippen molar-refractivity contribution in [2.24, 2.45) is 5.73 Å². The maximum Gasteiger partial charge on any atom is 0.129 e. The summed E-state index contributed by atoms with van der Waals surface area (Å²) in [7, 11) is 0. The molecule has 0 aromatic carbocycles. The molecule has 4 nitrogen and oxygen atoms in total. The summed E-state index contributed by atoms with van der Waals surface area (Å²) >= 11 is 9.13. The fraction of sp³-hybridized carbons (Fsp3) is 0.286. The Labute approximate surface area is 132 Å². The minimum Gasteiger partial charge on any atom is -0.329 e. The van der Waals surface area contributed by atoms with E-state index in [2.05, 4.69) is 36.9 Å². The smallest absolute Gasteiger partial charge is 0.129 e. The van der Waals surface area contributed by atoms with E-state index in [1.165, 1.54) is 0 Å². The van der Waals surface area contributed by atoms with Crippen LogP contribution in [-0.4, -0.2) is 28.0 Å². The van der Waals surface area contributed by atoms with Crippen LogP contribution in [0.3, 0.4) is 0 Å². The van der Waals surface area contributed by atoms with E-state index in [-0.39, 0.29) is 0 Å². The van der Waals surface area contributed by atoms with Crippen molar-refractivity contribution in [3.05, 3.63) is 57.5 Å². The topological polar surface area (TPSA) is 55.0 Å². The zero-order chi connectivity index (χ0) is 14.4. The van der Waals surface area contributed by atoms with E-state index < -0.39 is 0 Å². The number of hydrogen-bond acceptors (Lipinski definition) is 4. The minimum absolute atomic E-state index is 0.510. The van der Waals surface area contributed by atoms with Crippen molar-refractivity contribution in [3.63, 3.8) is 0 Å². The average molecular weight is 356 g/mol. The van der Waals surface area contributed by atoms with Crippen LogP contribution in [0.2, 0.25) is 5.15 Å². The molecule has 0 amide bonds. The molecule has 2 aromatic rings. The van der Waals surface area contributed by atoms with Crippen molar-refractivity contribution in [1.82, 2.24) is 14.9 Å². The quantitative estimate of drug-likeness (QED) is 0.810. The molecule has 0 saturated carbocycles. The van der Waals surface area contributed by atoms with Gasteiger partial charge in [-0.15, -0.1) is 0 Å². The molecule has 0 unspecified atom stereocenters. The van der Waals surface area contributed by atoms with Gasteiger partial charge in [0.15, 0.2) is 0 Å². The summed E-state index contributed by atoms with van der Waals surface area (Å²) in [6.45, 7) is 3.03. The van der Waals surface area contributed by atoms with Gasteiger partial charge in [0.05, 0.1) is 0 Å². The SMILES string of the molecule is NCCN(Cc1ccc(Cl)nc1)Cc1ccc(Br)nc1. The highest BCUT2D eigenvalue weighted by Crippen LogP contribution is 2.12. The lowest BCUT2D eigenvalue weighted by Gasteiger charge is -2.21. The maximum absolute atomic E-state index is 5.80. The second-order valence-corrected chi connectivity index (χ2v) is 5.68. The molecule has 0 radical (unpaired) electrons. The first-order valence-electron chi connectivity index (χ1n) is 6.30. The molecule has 20 heavy (non-hydrogen) atoms. The lowest BCUT2D eigenvalue weighted by molar-refractivity contribution is 0.264. The lowest BCUT2D eigenvalue weighted by atomic mass is 10.2. The summed E-state index contributed by atoms with van der Waals surface area (Å²) in [5.74, 6) is 0. The van der Waals surface area contributed by atoms with Crippen LogP contribution in [0.1, 0.15) is 11.1 Å². The Kier molecular flexibility index (Phi) is 5.91. The van der Waals surface area contributed by atoms with Gasteiger partial charge in [0.25, 0.3) is 0 Å². The predicted molar refractivity (Wildman–Crippen MR) is 84.4 cm³/mol. The number of aromatic nitrogens is 2. The largest absolute Gasteiger partial charge is 0.329 e. The van der Waals surface area contributed by atoms with E-state index in [1.54, 1.807) is 12.3 Å². The molecule has 0 bridgehead atoms. The second-order valence-electron chi connectivity index (χ2n) is 4.48. The maximum atomic E-state index is 5.80. The van der Waals surface area contributed by atoms with Gasteiger partial charge < -0.3 is 5.73 Å². The summed E-state index contributed by atoms with van der Waals surface area (Å²) < 4.78 is 0.841. The molecule has 6 heteroatoms. The van der Waals surface area contributed by atoms with Crippen LogP contribution in [0, 0.1) is 0 Å². The van der Waals surface area contributed by atoms with Crippen LogP contribution in [-0.2, 0) is 13.1 Å². The minimum atomic E-state index is 0.510. The second kappa shape index (κ2) is 7.69. The molecule has 0 spiro atoms. The molecule has 2 rings (SSSR count). The van der Waals surface area contributed by atoms with E-state index in [4.69, 9.17) is 17.3 Å². The van der Waals surface area contributed by atoms with Crippen LogP contribution in [0.5, 0.6) is 0 Å². The van der Waals surface area contributed by atoms with Crippen molar-refractivity contribution in [3.8, 4) is 0 Å². The van der Waals surface area contributed by atoms with Gasteiger partial charge in [-0.3, -0.25) is 4.90 Å². The van der Waals surface area contributed by atoms with Gasteiger partial charge in [0.2, 0.25) is 0 Å². The van der Waals surface area contributed by atoms with Gasteiger partial charge in [0.1, 0.15) is 9.76 Å². The van der Waals surface area contributed by atoms with Gasteiger partial charge in [-0.05, 0) is 39.2 Å². The number of rotatable bonds is 6. The summed E-state index contributed by atoms with van der Waals surface area (Å²) in [5, 5.41) is 0.510. The number of nitrogens with zero attached hydrogens (tertiary/aromatic N) is 3. The molecular formula is C14H16BrClN4. The van der Waals surface area contributed by atoms with Crippen molar-refractivity contribution in [2.75, 3.05) is 13.1 Å². The number of halogens is 2. The lowest BCUT2D eigenvalue weighted by Crippen LogP contribution is -2.28. The first-order valence-corrected chi connectivity index (χ1v) is 7.48. The van der Waals surface area contributed by atoms with E-state index in [1.807, 2.05) is 18.3 Å². The number of nitrogens with two attached hydrogens (primary N) is 1. The van der Waals surface area contributed by atoms with Crippen LogP contribution in [0.15, 0.2) is 41.3 Å². The molecule has 0 saturated heterocycles. The van der Waals surface area contributed by atoms with E-state index >= 15 is 0 Å². The van der Waals surface area contributed by atoms with Gasteiger partial charge in [-0.2, -0.15) is 0 Å². The molecule has 2 aromatic heterocycles. The average Bonchev–Trinajstić information content (AvgIpc) is 2.44. The van der Waals surface area contributed by atoms with Gasteiger partial charge in [-0.1, -0.05) is 23.7 Å². The standard InChI is InChI=1S/C14H16BrClN4/c15-13-3-1-11(7-18-13)9-20(6-5-17)10-12-2-4-14(16)19-8-12/h1-4,7-8H,5-6,9-10,17H2. The highest BCUT2D eigenvalue weighted by atomic mass is 79.9. The monoisotopic (exact) mass is 354 g/mol. The van der Waals surface area contributed by atoms with Crippen molar-refractivity contribution < 1.29 is 0 Å². The highest BCUT2D eigenvalue weighted by Gasteiger charge is 2.07. The summed E-state index contributed by atoms with van der Waals surface area (Å²) in [6.07, 6.45) is 3.67. The zero-order valence-corrected chi connectivity index (χ0v) is 13.3. The first-order chi connectivity index (χ1) is 9.67. The molecule has 0 aliphatic rings. The highest BCUT2D eigenvalue weighted by molar-refractivity contribution is 9.10. The Bertz CT molecular complexity index is 482. The van der Waals surface area contributed by atoms with E-state index in [9.17, 15) is 0 Å². The Morgan fingerprint density at radius 3 is 2.20 bits per heavy atom.